The third kappa shape index (κ3) is 5.34. The molecule has 0 spiro atoms. The Kier molecular flexibility index (Phi) is 5.45. The number of benzene rings is 1. The summed E-state index contributed by atoms with van der Waals surface area (Å²) >= 11 is 0. The first-order valence-corrected chi connectivity index (χ1v) is 5.66. The molecule has 0 aliphatic rings. The van der Waals surface area contributed by atoms with Crippen LogP contribution < -0.4 is 10.6 Å². The van der Waals surface area contributed by atoms with E-state index in [1.165, 1.54) is 12.1 Å². The molecule has 0 unspecified atom stereocenters. The number of anilines is 1. The van der Waals surface area contributed by atoms with E-state index in [0.29, 0.717) is 0 Å². The maximum Gasteiger partial charge on any atom is 0.326 e. The molecule has 8 heteroatoms. The van der Waals surface area contributed by atoms with Crippen LogP contribution in [0.5, 0.6) is 0 Å². The minimum atomic E-state index is -1.33. The van der Waals surface area contributed by atoms with Crippen molar-refractivity contribution in [2.24, 2.45) is 0 Å². The van der Waals surface area contributed by atoms with Crippen molar-refractivity contribution in [2.75, 3.05) is 5.32 Å². The molecular weight excluding hydrogens is 271 g/mol. The first-order chi connectivity index (χ1) is 9.38. The Balaban J connectivity index is 2.55. The number of carboxylic acid groups (broad SMARTS) is 2. The van der Waals surface area contributed by atoms with Crippen molar-refractivity contribution in [3.05, 3.63) is 30.1 Å². The summed E-state index contributed by atoms with van der Waals surface area (Å²) in [6.07, 6.45) is -0.616. The fraction of sp³-hybridized carbons (Fsp3) is 0.250. The summed E-state index contributed by atoms with van der Waals surface area (Å²) in [6, 6.07) is 2.76. The Bertz CT molecular complexity index is 503. The number of carbonyl (C=O) groups is 3. The van der Waals surface area contributed by atoms with Crippen LogP contribution in [0.25, 0.3) is 0 Å². The zero-order valence-electron chi connectivity index (χ0n) is 10.3. The summed E-state index contributed by atoms with van der Waals surface area (Å²) in [5, 5.41) is 21.8. The zero-order chi connectivity index (χ0) is 15.1. The Morgan fingerprint density at radius 1 is 1.15 bits per heavy atom. The Labute approximate surface area is 113 Å². The van der Waals surface area contributed by atoms with Crippen molar-refractivity contribution >= 4 is 23.7 Å². The lowest BCUT2D eigenvalue weighted by Gasteiger charge is -2.14. The average molecular weight is 284 g/mol. The van der Waals surface area contributed by atoms with E-state index < -0.39 is 29.8 Å². The fourth-order valence-electron chi connectivity index (χ4n) is 1.38. The van der Waals surface area contributed by atoms with E-state index in [1.54, 1.807) is 0 Å². The fourth-order valence-corrected chi connectivity index (χ4v) is 1.38. The van der Waals surface area contributed by atoms with Gasteiger partial charge in [0.05, 0.1) is 0 Å². The molecule has 1 aromatic rings. The van der Waals surface area contributed by atoms with Gasteiger partial charge in [-0.25, -0.2) is 14.0 Å². The Hall–Kier alpha value is -2.64. The molecule has 4 N–H and O–H groups in total. The molecule has 0 saturated carbocycles. The summed E-state index contributed by atoms with van der Waals surface area (Å²) in [6.45, 7) is 0. The highest BCUT2D eigenvalue weighted by Crippen LogP contribution is 2.08. The van der Waals surface area contributed by atoms with Crippen LogP contribution in [0.1, 0.15) is 12.8 Å². The number of hydrogen-bond acceptors (Lipinski definition) is 3. The number of aliphatic carboxylic acids is 2. The number of halogens is 1. The minimum Gasteiger partial charge on any atom is -0.481 e. The number of rotatable bonds is 6. The molecular formula is C12H13FN2O5. The van der Waals surface area contributed by atoms with Crippen LogP contribution in [0.4, 0.5) is 14.9 Å². The number of hydrogen-bond donors (Lipinski definition) is 4. The van der Waals surface area contributed by atoms with Crippen molar-refractivity contribution in [1.29, 1.82) is 0 Å². The Morgan fingerprint density at radius 3 is 2.25 bits per heavy atom. The maximum atomic E-state index is 12.7. The van der Waals surface area contributed by atoms with Crippen molar-refractivity contribution < 1.29 is 29.0 Å². The maximum absolute atomic E-state index is 12.7. The predicted molar refractivity (Wildman–Crippen MR) is 66.8 cm³/mol. The van der Waals surface area contributed by atoms with E-state index in [4.69, 9.17) is 10.2 Å². The van der Waals surface area contributed by atoms with Crippen LogP contribution in [0, 0.1) is 5.82 Å². The average Bonchev–Trinajstić information content (AvgIpc) is 2.36. The van der Waals surface area contributed by atoms with Gasteiger partial charge < -0.3 is 20.8 Å². The van der Waals surface area contributed by atoms with Gasteiger partial charge in [-0.2, -0.15) is 0 Å². The van der Waals surface area contributed by atoms with Gasteiger partial charge in [0, 0.05) is 12.1 Å². The van der Waals surface area contributed by atoms with Crippen LogP contribution in [0.2, 0.25) is 0 Å². The normalized spacial score (nSPS) is 11.4. The second-order valence-corrected chi connectivity index (χ2v) is 3.93. The third-order valence-electron chi connectivity index (χ3n) is 2.35. The lowest BCUT2D eigenvalue weighted by molar-refractivity contribution is -0.140. The predicted octanol–water partition coefficient (Wildman–Crippen LogP) is 1.27. The van der Waals surface area contributed by atoms with Gasteiger partial charge in [-0.15, -0.1) is 0 Å². The van der Waals surface area contributed by atoms with Crippen LogP contribution in [0.15, 0.2) is 24.3 Å². The van der Waals surface area contributed by atoms with E-state index in [1.807, 2.05) is 0 Å². The molecule has 108 valence electrons. The van der Waals surface area contributed by atoms with Crippen LogP contribution in [-0.4, -0.2) is 34.2 Å². The first kappa shape index (κ1) is 15.4. The van der Waals surface area contributed by atoms with Gasteiger partial charge >= 0.3 is 18.0 Å². The molecule has 0 radical (unpaired) electrons. The molecule has 1 aromatic carbocycles. The molecule has 0 aromatic heterocycles. The molecule has 2 amide bonds. The van der Waals surface area contributed by atoms with Crippen LogP contribution in [0.3, 0.4) is 0 Å². The molecule has 7 nitrogen and oxygen atoms in total. The first-order valence-electron chi connectivity index (χ1n) is 5.66. The number of urea groups is 1. The van der Waals surface area contributed by atoms with Gasteiger partial charge in [0.25, 0.3) is 0 Å². The van der Waals surface area contributed by atoms with Crippen molar-refractivity contribution in [2.45, 2.75) is 18.9 Å². The van der Waals surface area contributed by atoms with E-state index >= 15 is 0 Å². The summed E-state index contributed by atoms with van der Waals surface area (Å²) in [7, 11) is 0. The molecule has 0 aliphatic carbocycles. The van der Waals surface area contributed by atoms with E-state index in [9.17, 15) is 18.8 Å². The SMILES string of the molecule is O=C(O)CC[C@@H](NC(=O)Nc1ccc(F)cc1)C(=O)O. The minimum absolute atomic E-state index is 0.235. The standard InChI is InChI=1S/C12H13FN2O5/c13-7-1-3-8(4-2-7)14-12(20)15-9(11(18)19)5-6-10(16)17/h1-4,9H,5-6H2,(H,16,17)(H,18,19)(H2,14,15,20)/t9-/m1/s1. The van der Waals surface area contributed by atoms with Crippen LogP contribution in [-0.2, 0) is 9.59 Å². The molecule has 0 bridgehead atoms. The highest BCUT2D eigenvalue weighted by Gasteiger charge is 2.20. The number of carbonyl (C=O) groups excluding carboxylic acids is 1. The lowest BCUT2D eigenvalue weighted by atomic mass is 10.1. The van der Waals surface area contributed by atoms with E-state index in [2.05, 4.69) is 10.6 Å². The summed E-state index contributed by atoms with van der Waals surface area (Å²) in [5.41, 5.74) is 0.284. The van der Waals surface area contributed by atoms with Gasteiger partial charge in [0.2, 0.25) is 0 Å². The number of amides is 2. The second-order valence-electron chi connectivity index (χ2n) is 3.93. The zero-order valence-corrected chi connectivity index (χ0v) is 10.3. The van der Waals surface area contributed by atoms with Crippen molar-refractivity contribution in [1.82, 2.24) is 5.32 Å². The van der Waals surface area contributed by atoms with Gasteiger partial charge in [-0.3, -0.25) is 4.79 Å². The van der Waals surface area contributed by atoms with Gasteiger partial charge in [0.1, 0.15) is 11.9 Å². The molecule has 20 heavy (non-hydrogen) atoms. The number of carboxylic acids is 2. The van der Waals surface area contributed by atoms with Gasteiger partial charge in [-0.1, -0.05) is 0 Å². The summed E-state index contributed by atoms with van der Waals surface area (Å²) < 4.78 is 12.7. The highest BCUT2D eigenvalue weighted by atomic mass is 19.1. The summed E-state index contributed by atoms with van der Waals surface area (Å²) in [4.78, 5) is 32.8. The van der Waals surface area contributed by atoms with Gasteiger partial charge in [0.15, 0.2) is 0 Å². The molecule has 1 rings (SSSR count). The van der Waals surface area contributed by atoms with Crippen LogP contribution >= 0.6 is 0 Å². The highest BCUT2D eigenvalue weighted by molar-refractivity contribution is 5.92. The van der Waals surface area contributed by atoms with Crippen molar-refractivity contribution in [3.8, 4) is 0 Å². The molecule has 0 aliphatic heterocycles. The van der Waals surface area contributed by atoms with E-state index in [0.717, 1.165) is 12.1 Å². The lowest BCUT2D eigenvalue weighted by Crippen LogP contribution is -2.43. The molecule has 0 fully saturated rings. The van der Waals surface area contributed by atoms with E-state index in [-0.39, 0.29) is 18.5 Å². The molecule has 0 saturated heterocycles. The largest absolute Gasteiger partial charge is 0.481 e. The summed E-state index contributed by atoms with van der Waals surface area (Å²) in [5.74, 6) is -2.96. The molecule has 0 heterocycles. The molecule has 1 atom stereocenters. The van der Waals surface area contributed by atoms with Crippen molar-refractivity contribution in [3.63, 3.8) is 0 Å². The third-order valence-corrected chi connectivity index (χ3v) is 2.35. The number of nitrogens with one attached hydrogen (secondary N) is 2. The smallest absolute Gasteiger partial charge is 0.326 e. The second kappa shape index (κ2) is 7.07. The monoisotopic (exact) mass is 284 g/mol. The topological polar surface area (TPSA) is 116 Å². The van der Waals surface area contributed by atoms with Gasteiger partial charge in [-0.05, 0) is 30.7 Å². The Morgan fingerprint density at radius 2 is 1.75 bits per heavy atom. The quantitative estimate of drug-likeness (QED) is 0.627.